The van der Waals surface area contributed by atoms with Crippen LogP contribution in [0.15, 0.2) is 49.1 Å². The number of halogens is 1. The maximum atomic E-state index is 15.8. The van der Waals surface area contributed by atoms with Gasteiger partial charge in [-0.25, -0.2) is 9.37 Å². The Morgan fingerprint density at radius 3 is 2.64 bits per heavy atom. The summed E-state index contributed by atoms with van der Waals surface area (Å²) in [6, 6.07) is 8.80. The number of benzene rings is 1. The molecule has 0 saturated carbocycles. The van der Waals surface area contributed by atoms with E-state index in [-0.39, 0.29) is 17.3 Å². The molecule has 2 aliphatic rings. The Labute approximate surface area is 193 Å². The first kappa shape index (κ1) is 21.8. The highest BCUT2D eigenvalue weighted by Gasteiger charge is 2.57. The number of phenolic OH excluding ortho intramolecular Hbond substituents is 1. The Balaban J connectivity index is 1.39. The molecule has 0 radical (unpaired) electrons. The van der Waals surface area contributed by atoms with E-state index < -0.39 is 11.7 Å². The fourth-order valence-electron chi connectivity index (χ4n) is 5.78. The molecule has 174 valence electrons. The molecule has 3 aromatic rings. The van der Waals surface area contributed by atoms with Gasteiger partial charge in [-0.05, 0) is 70.8 Å². The number of hydrogen-bond donors (Lipinski definition) is 1. The molecule has 1 aromatic carbocycles. The molecule has 4 atom stereocenters. The molecule has 0 spiro atoms. The lowest BCUT2D eigenvalue weighted by molar-refractivity contribution is -0.117. The Morgan fingerprint density at radius 1 is 1.15 bits per heavy atom. The van der Waals surface area contributed by atoms with Gasteiger partial charge in [0, 0.05) is 36.6 Å². The summed E-state index contributed by atoms with van der Waals surface area (Å²) in [7, 11) is 3.98. The van der Waals surface area contributed by atoms with E-state index in [1.807, 2.05) is 47.0 Å². The minimum Gasteiger partial charge on any atom is -0.507 e. The van der Waals surface area contributed by atoms with Crippen LogP contribution < -0.4 is 4.90 Å². The number of phenols is 1. The Kier molecular flexibility index (Phi) is 5.16. The Bertz CT molecular complexity index is 1140. The van der Waals surface area contributed by atoms with Crippen LogP contribution in [0.4, 0.5) is 10.2 Å². The second-order valence-corrected chi connectivity index (χ2v) is 10.00. The average Bonchev–Trinajstić information content (AvgIpc) is 3.35. The third-order valence-electron chi connectivity index (χ3n) is 8.12. The summed E-state index contributed by atoms with van der Waals surface area (Å²) in [4.78, 5) is 8.24. The molecule has 0 amide bonds. The summed E-state index contributed by atoms with van der Waals surface area (Å²) < 4.78 is 17.7. The van der Waals surface area contributed by atoms with Gasteiger partial charge in [0.05, 0.1) is 29.3 Å². The van der Waals surface area contributed by atoms with E-state index in [2.05, 4.69) is 41.0 Å². The van der Waals surface area contributed by atoms with Gasteiger partial charge in [-0.2, -0.15) is 0 Å². The van der Waals surface area contributed by atoms with Crippen molar-refractivity contribution >= 4 is 5.82 Å². The van der Waals surface area contributed by atoms with Crippen LogP contribution in [0.1, 0.15) is 39.5 Å². The van der Waals surface area contributed by atoms with E-state index in [1.54, 1.807) is 18.6 Å². The number of imidazole rings is 1. The molecule has 2 bridgehead atoms. The fraction of sp³-hybridized carbons (Fsp3) is 0.480. The topological polar surface area (TPSA) is 70.3 Å². The first-order chi connectivity index (χ1) is 15.7. The first-order valence-electron chi connectivity index (χ1n) is 11.5. The number of aromatic nitrogens is 4. The van der Waals surface area contributed by atoms with Crippen molar-refractivity contribution in [1.29, 1.82) is 0 Å². The van der Waals surface area contributed by atoms with Gasteiger partial charge in [0.25, 0.3) is 0 Å². The third-order valence-corrected chi connectivity index (χ3v) is 8.12. The highest BCUT2D eigenvalue weighted by Crippen LogP contribution is 2.49. The number of hydrogen-bond acceptors (Lipinski definition) is 6. The largest absolute Gasteiger partial charge is 0.507 e. The van der Waals surface area contributed by atoms with E-state index in [4.69, 9.17) is 0 Å². The van der Waals surface area contributed by atoms with Crippen molar-refractivity contribution < 1.29 is 9.50 Å². The lowest BCUT2D eigenvalue weighted by Crippen LogP contribution is -2.72. The van der Waals surface area contributed by atoms with Crippen LogP contribution in [0.5, 0.6) is 5.75 Å². The van der Waals surface area contributed by atoms with Gasteiger partial charge in [0.15, 0.2) is 5.82 Å². The summed E-state index contributed by atoms with van der Waals surface area (Å²) in [5.74, 6) is 0.750. The van der Waals surface area contributed by atoms with Crippen molar-refractivity contribution in [1.82, 2.24) is 24.6 Å². The van der Waals surface area contributed by atoms with Crippen molar-refractivity contribution in [2.45, 2.75) is 62.8 Å². The molecule has 4 heterocycles. The number of piperidine rings is 2. The summed E-state index contributed by atoms with van der Waals surface area (Å²) in [6.45, 7) is 4.31. The van der Waals surface area contributed by atoms with E-state index >= 15 is 4.39 Å². The fourth-order valence-corrected chi connectivity index (χ4v) is 5.78. The average molecular weight is 451 g/mol. The minimum atomic E-state index is -0.984. The molecule has 0 aliphatic carbocycles. The normalized spacial score (nSPS) is 29.7. The summed E-state index contributed by atoms with van der Waals surface area (Å²) in [6.07, 6.45) is 7.94. The molecule has 2 saturated heterocycles. The summed E-state index contributed by atoms with van der Waals surface area (Å²) >= 11 is 0. The van der Waals surface area contributed by atoms with Gasteiger partial charge < -0.3 is 14.6 Å². The van der Waals surface area contributed by atoms with Gasteiger partial charge in [-0.15, -0.1) is 10.2 Å². The van der Waals surface area contributed by atoms with Crippen molar-refractivity contribution in [3.05, 3.63) is 49.1 Å². The number of fused-ring (bicyclic) bond motifs is 2. The zero-order valence-electron chi connectivity index (χ0n) is 19.6. The zero-order valence-corrected chi connectivity index (χ0v) is 19.6. The second-order valence-electron chi connectivity index (χ2n) is 10.00. The van der Waals surface area contributed by atoms with Crippen LogP contribution in [-0.4, -0.2) is 67.1 Å². The summed E-state index contributed by atoms with van der Waals surface area (Å²) in [5, 5.41) is 19.3. The molecular weight excluding hydrogens is 419 g/mol. The van der Waals surface area contributed by atoms with Crippen LogP contribution in [0, 0.1) is 0 Å². The van der Waals surface area contributed by atoms with Gasteiger partial charge >= 0.3 is 0 Å². The van der Waals surface area contributed by atoms with Crippen molar-refractivity contribution in [2.24, 2.45) is 0 Å². The molecule has 5 rings (SSSR count). The maximum absolute atomic E-state index is 15.8. The van der Waals surface area contributed by atoms with Gasteiger partial charge in [0.1, 0.15) is 11.9 Å². The van der Waals surface area contributed by atoms with Crippen LogP contribution in [0.2, 0.25) is 0 Å². The van der Waals surface area contributed by atoms with Crippen molar-refractivity contribution in [2.75, 3.05) is 19.0 Å². The standard InChI is InChI=1S/C25H31FN6O/c1-24-10-5-11-25(2,31(24)4)23(26)20(15-24)30(3)22-9-8-19(28-29-22)18-7-6-17(14-21(18)33)32-13-12-27-16-32/h6-9,12-14,16,20,23,33H,5,10-11,15H2,1-4H3/t20-,23-,24-,25+/m1/s1. The van der Waals surface area contributed by atoms with E-state index in [0.717, 1.165) is 31.4 Å². The molecule has 7 nitrogen and oxygen atoms in total. The molecule has 2 aliphatic heterocycles. The minimum absolute atomic E-state index is 0.0232. The number of anilines is 1. The number of rotatable bonds is 4. The first-order valence-corrected chi connectivity index (χ1v) is 11.5. The molecule has 2 fully saturated rings. The van der Waals surface area contributed by atoms with Gasteiger partial charge in [0.2, 0.25) is 0 Å². The number of aromatic hydroxyl groups is 1. The van der Waals surface area contributed by atoms with Gasteiger partial charge in [-0.3, -0.25) is 4.90 Å². The van der Waals surface area contributed by atoms with Gasteiger partial charge in [-0.1, -0.05) is 0 Å². The smallest absolute Gasteiger partial charge is 0.151 e. The maximum Gasteiger partial charge on any atom is 0.151 e. The zero-order chi connectivity index (χ0) is 23.4. The Morgan fingerprint density at radius 2 is 1.97 bits per heavy atom. The molecule has 33 heavy (non-hydrogen) atoms. The van der Waals surface area contributed by atoms with Crippen molar-refractivity contribution in [3.8, 4) is 22.7 Å². The van der Waals surface area contributed by atoms with E-state index in [1.165, 1.54) is 0 Å². The monoisotopic (exact) mass is 450 g/mol. The third kappa shape index (κ3) is 3.47. The quantitative estimate of drug-likeness (QED) is 0.642. The van der Waals surface area contributed by atoms with E-state index in [0.29, 0.717) is 17.1 Å². The van der Waals surface area contributed by atoms with Crippen LogP contribution >= 0.6 is 0 Å². The lowest BCUT2D eigenvalue weighted by atomic mass is 9.66. The molecule has 0 unspecified atom stereocenters. The Hall–Kier alpha value is -3.00. The molecule has 2 aromatic heterocycles. The van der Waals surface area contributed by atoms with Crippen LogP contribution in [0.3, 0.4) is 0 Å². The SMILES string of the molecule is CN(c1ccc(-c2ccc(-n3ccnc3)cc2O)nn1)[C@@H]1C[C@@]2(C)CCC[C@@](C)([C@@H]1F)N2C. The number of nitrogens with zero attached hydrogens (tertiary/aromatic N) is 6. The molecular formula is C25H31FN6O. The van der Waals surface area contributed by atoms with Crippen molar-refractivity contribution in [3.63, 3.8) is 0 Å². The highest BCUT2D eigenvalue weighted by atomic mass is 19.1. The van der Waals surface area contributed by atoms with Crippen LogP contribution in [-0.2, 0) is 0 Å². The lowest BCUT2D eigenvalue weighted by Gasteiger charge is -2.62. The molecule has 1 N–H and O–H groups in total. The van der Waals surface area contributed by atoms with Crippen LogP contribution in [0.25, 0.3) is 16.9 Å². The summed E-state index contributed by atoms with van der Waals surface area (Å²) in [5.41, 5.74) is 1.47. The highest BCUT2D eigenvalue weighted by molar-refractivity contribution is 5.69. The number of alkyl halides is 1. The molecule has 8 heteroatoms. The predicted molar refractivity (Wildman–Crippen MR) is 126 cm³/mol. The predicted octanol–water partition coefficient (Wildman–Crippen LogP) is 4.21. The van der Waals surface area contributed by atoms with E-state index in [9.17, 15) is 5.11 Å². The second kappa shape index (κ2) is 7.80.